The number of rotatable bonds is 6. The van der Waals surface area contributed by atoms with Crippen molar-refractivity contribution in [2.45, 2.75) is 4.90 Å². The van der Waals surface area contributed by atoms with Crippen LogP contribution >= 0.6 is 11.3 Å². The normalized spacial score (nSPS) is 11.2. The molecule has 134 valence electrons. The smallest absolute Gasteiger partial charge is 0.349 e. The molecule has 11 heteroatoms. The maximum Gasteiger partial charge on any atom is 0.349 e. The summed E-state index contributed by atoms with van der Waals surface area (Å²) in [7, 11) is -3.03. The van der Waals surface area contributed by atoms with Gasteiger partial charge in [0, 0.05) is 11.8 Å². The molecule has 25 heavy (non-hydrogen) atoms. The van der Waals surface area contributed by atoms with Crippen LogP contribution in [-0.4, -0.2) is 33.9 Å². The summed E-state index contributed by atoms with van der Waals surface area (Å²) in [5.74, 6) is -3.85. The van der Waals surface area contributed by atoms with E-state index in [-0.39, 0.29) is 15.5 Å². The van der Waals surface area contributed by atoms with E-state index >= 15 is 0 Å². The Hall–Kier alpha value is -2.37. The SMILES string of the molecule is COC(=O)c1sccc1S(=O)(=O)NCC(=O)Nc1ccc(F)c(F)c1. The molecule has 0 atom stereocenters. The van der Waals surface area contributed by atoms with Crippen LogP contribution in [0.25, 0.3) is 0 Å². The van der Waals surface area contributed by atoms with E-state index in [1.807, 2.05) is 4.72 Å². The van der Waals surface area contributed by atoms with Crippen molar-refractivity contribution in [3.05, 3.63) is 46.2 Å². The molecule has 0 bridgehead atoms. The molecule has 0 radical (unpaired) electrons. The van der Waals surface area contributed by atoms with Crippen molar-refractivity contribution in [2.24, 2.45) is 0 Å². The Labute approximate surface area is 145 Å². The lowest BCUT2D eigenvalue weighted by Crippen LogP contribution is -2.33. The largest absolute Gasteiger partial charge is 0.465 e. The van der Waals surface area contributed by atoms with Gasteiger partial charge in [-0.2, -0.15) is 0 Å². The molecule has 0 aliphatic heterocycles. The van der Waals surface area contributed by atoms with E-state index in [2.05, 4.69) is 10.1 Å². The third-order valence-electron chi connectivity index (χ3n) is 2.92. The van der Waals surface area contributed by atoms with Crippen LogP contribution in [0.4, 0.5) is 14.5 Å². The first-order chi connectivity index (χ1) is 11.7. The van der Waals surface area contributed by atoms with E-state index in [0.717, 1.165) is 36.6 Å². The third-order valence-corrected chi connectivity index (χ3v) is 5.38. The highest BCUT2D eigenvalue weighted by Crippen LogP contribution is 2.22. The van der Waals surface area contributed by atoms with Crippen LogP contribution in [0.15, 0.2) is 34.5 Å². The molecule has 0 unspecified atom stereocenters. The van der Waals surface area contributed by atoms with Gasteiger partial charge in [0.2, 0.25) is 15.9 Å². The van der Waals surface area contributed by atoms with Gasteiger partial charge in [0.1, 0.15) is 9.77 Å². The molecule has 2 N–H and O–H groups in total. The van der Waals surface area contributed by atoms with Crippen LogP contribution in [0.3, 0.4) is 0 Å². The fourth-order valence-electron chi connectivity index (χ4n) is 1.77. The highest BCUT2D eigenvalue weighted by molar-refractivity contribution is 7.89. The molecule has 1 aromatic heterocycles. The standard InChI is InChI=1S/C14H12F2N2O5S2/c1-23-14(20)13-11(4-5-24-13)25(21,22)17-7-12(19)18-8-2-3-9(15)10(16)6-8/h2-6,17H,7H2,1H3,(H,18,19). The number of methoxy groups -OCH3 is 1. The van der Waals surface area contributed by atoms with E-state index in [9.17, 15) is 26.8 Å². The lowest BCUT2D eigenvalue weighted by Gasteiger charge is -2.08. The summed E-state index contributed by atoms with van der Waals surface area (Å²) in [6.07, 6.45) is 0. The quantitative estimate of drug-likeness (QED) is 0.732. The molecular weight excluding hydrogens is 378 g/mol. The first-order valence-electron chi connectivity index (χ1n) is 6.65. The molecule has 1 amide bonds. The topological polar surface area (TPSA) is 102 Å². The van der Waals surface area contributed by atoms with Gasteiger partial charge in [0.25, 0.3) is 0 Å². The van der Waals surface area contributed by atoms with Crippen LogP contribution in [0.5, 0.6) is 0 Å². The Bertz CT molecular complexity index is 912. The van der Waals surface area contributed by atoms with Crippen LogP contribution in [-0.2, 0) is 19.6 Å². The molecule has 2 aromatic rings. The van der Waals surface area contributed by atoms with Crippen LogP contribution < -0.4 is 10.0 Å². The predicted molar refractivity (Wildman–Crippen MR) is 85.8 cm³/mol. The van der Waals surface area contributed by atoms with Crippen LogP contribution in [0.1, 0.15) is 9.67 Å². The van der Waals surface area contributed by atoms with Crippen molar-refractivity contribution in [2.75, 3.05) is 19.0 Å². The molecule has 0 aliphatic carbocycles. The highest BCUT2D eigenvalue weighted by Gasteiger charge is 2.25. The monoisotopic (exact) mass is 390 g/mol. The summed E-state index contributed by atoms with van der Waals surface area (Å²) >= 11 is 0.877. The number of hydrogen-bond donors (Lipinski definition) is 2. The van der Waals surface area contributed by atoms with Crippen molar-refractivity contribution in [1.29, 1.82) is 0 Å². The van der Waals surface area contributed by atoms with E-state index < -0.39 is 40.1 Å². The molecular formula is C14H12F2N2O5S2. The number of thiophene rings is 1. The Balaban J connectivity index is 2.04. The van der Waals surface area contributed by atoms with Gasteiger partial charge in [0.15, 0.2) is 11.6 Å². The number of amides is 1. The summed E-state index contributed by atoms with van der Waals surface area (Å²) < 4.78 is 56.8. The highest BCUT2D eigenvalue weighted by atomic mass is 32.2. The molecule has 0 fully saturated rings. The lowest BCUT2D eigenvalue weighted by atomic mass is 10.3. The van der Waals surface area contributed by atoms with Gasteiger partial charge in [-0.15, -0.1) is 11.3 Å². The number of sulfonamides is 1. The maximum absolute atomic E-state index is 13.1. The molecule has 1 heterocycles. The summed E-state index contributed by atoms with van der Waals surface area (Å²) in [5.41, 5.74) is -0.0334. The second kappa shape index (κ2) is 7.68. The average molecular weight is 390 g/mol. The number of esters is 1. The second-order valence-electron chi connectivity index (χ2n) is 4.61. The van der Waals surface area contributed by atoms with Gasteiger partial charge in [0.05, 0.1) is 13.7 Å². The Morgan fingerprint density at radius 2 is 1.92 bits per heavy atom. The van der Waals surface area contributed by atoms with Crippen molar-refractivity contribution < 1.29 is 31.5 Å². The van der Waals surface area contributed by atoms with Crippen molar-refractivity contribution in [3.63, 3.8) is 0 Å². The first-order valence-corrected chi connectivity index (χ1v) is 9.01. The van der Waals surface area contributed by atoms with E-state index in [1.165, 1.54) is 11.4 Å². The summed E-state index contributed by atoms with van der Waals surface area (Å²) in [4.78, 5) is 22.8. The number of benzene rings is 1. The van der Waals surface area contributed by atoms with Crippen molar-refractivity contribution >= 4 is 38.9 Å². The molecule has 1 aromatic carbocycles. The number of hydrogen-bond acceptors (Lipinski definition) is 6. The van der Waals surface area contributed by atoms with Gasteiger partial charge in [-0.3, -0.25) is 4.79 Å². The molecule has 7 nitrogen and oxygen atoms in total. The van der Waals surface area contributed by atoms with Crippen molar-refractivity contribution in [3.8, 4) is 0 Å². The lowest BCUT2D eigenvalue weighted by molar-refractivity contribution is -0.115. The Morgan fingerprint density at radius 3 is 2.56 bits per heavy atom. The summed E-state index contributed by atoms with van der Waals surface area (Å²) in [6, 6.07) is 3.91. The van der Waals surface area contributed by atoms with Crippen LogP contribution in [0.2, 0.25) is 0 Å². The predicted octanol–water partition coefficient (Wildman–Crippen LogP) is 1.73. The number of nitrogens with one attached hydrogen (secondary N) is 2. The minimum Gasteiger partial charge on any atom is -0.465 e. The molecule has 0 spiro atoms. The van der Waals surface area contributed by atoms with Gasteiger partial charge in [-0.25, -0.2) is 26.7 Å². The minimum absolute atomic E-state index is 0.0334. The minimum atomic E-state index is -4.14. The maximum atomic E-state index is 13.1. The Morgan fingerprint density at radius 1 is 1.20 bits per heavy atom. The fourth-order valence-corrected chi connectivity index (χ4v) is 4.08. The summed E-state index contributed by atoms with van der Waals surface area (Å²) in [5, 5.41) is 3.61. The van der Waals surface area contributed by atoms with Gasteiger partial charge in [-0.05, 0) is 23.6 Å². The van der Waals surface area contributed by atoms with Gasteiger partial charge < -0.3 is 10.1 Å². The van der Waals surface area contributed by atoms with E-state index in [0.29, 0.717) is 0 Å². The molecule has 0 saturated heterocycles. The zero-order valence-electron chi connectivity index (χ0n) is 12.7. The zero-order chi connectivity index (χ0) is 18.6. The number of anilines is 1. The Kier molecular flexibility index (Phi) is 5.82. The number of ether oxygens (including phenoxy) is 1. The van der Waals surface area contributed by atoms with Crippen molar-refractivity contribution in [1.82, 2.24) is 4.72 Å². The second-order valence-corrected chi connectivity index (χ2v) is 7.26. The number of carbonyl (C=O) groups excluding carboxylic acids is 2. The number of halogens is 2. The first kappa shape index (κ1) is 19.0. The van der Waals surface area contributed by atoms with E-state index in [1.54, 1.807) is 0 Å². The molecule has 0 aliphatic rings. The average Bonchev–Trinajstić information content (AvgIpc) is 3.06. The fraction of sp³-hybridized carbons (Fsp3) is 0.143. The zero-order valence-corrected chi connectivity index (χ0v) is 14.3. The summed E-state index contributed by atoms with van der Waals surface area (Å²) in [6.45, 7) is -0.669. The van der Waals surface area contributed by atoms with E-state index in [4.69, 9.17) is 0 Å². The molecule has 0 saturated carbocycles. The molecule has 2 rings (SSSR count). The number of carbonyl (C=O) groups is 2. The van der Waals surface area contributed by atoms with Gasteiger partial charge >= 0.3 is 5.97 Å². The third kappa shape index (κ3) is 4.59. The van der Waals surface area contributed by atoms with Gasteiger partial charge in [-0.1, -0.05) is 0 Å². The van der Waals surface area contributed by atoms with Crippen LogP contribution in [0, 0.1) is 11.6 Å².